The molecule has 0 spiro atoms. The molecule has 0 fully saturated rings. The molecule has 1 heterocycles. The highest BCUT2D eigenvalue weighted by Gasteiger charge is 2.09. The van der Waals surface area contributed by atoms with E-state index in [9.17, 15) is 4.79 Å². The van der Waals surface area contributed by atoms with E-state index in [4.69, 9.17) is 0 Å². The number of benzene rings is 1. The summed E-state index contributed by atoms with van der Waals surface area (Å²) in [5, 5.41) is 4.80. The van der Waals surface area contributed by atoms with E-state index in [1.54, 1.807) is 11.3 Å². The van der Waals surface area contributed by atoms with E-state index < -0.39 is 0 Å². The molecule has 0 saturated heterocycles. The van der Waals surface area contributed by atoms with Gasteiger partial charge in [0.1, 0.15) is 0 Å². The van der Waals surface area contributed by atoms with Crippen molar-refractivity contribution in [2.45, 2.75) is 6.92 Å². The number of rotatable bonds is 2. The minimum Gasteiger partial charge on any atom is -0.322 e. The maximum Gasteiger partial charge on any atom is 0.256 e. The summed E-state index contributed by atoms with van der Waals surface area (Å²) in [5.41, 5.74) is 2.67. The number of halogens is 2. The third-order valence-electron chi connectivity index (χ3n) is 2.27. The van der Waals surface area contributed by atoms with Crippen molar-refractivity contribution in [3.8, 4) is 0 Å². The zero-order valence-corrected chi connectivity index (χ0v) is 14.1. The molecule has 1 aromatic heterocycles. The lowest BCUT2D eigenvalue weighted by Gasteiger charge is -2.07. The van der Waals surface area contributed by atoms with E-state index in [0.717, 1.165) is 19.7 Å². The lowest BCUT2D eigenvalue weighted by atomic mass is 10.2. The van der Waals surface area contributed by atoms with Gasteiger partial charge in [-0.25, -0.2) is 0 Å². The molecule has 0 aliphatic rings. The van der Waals surface area contributed by atoms with Crippen LogP contribution < -0.4 is 5.32 Å². The van der Waals surface area contributed by atoms with Crippen LogP contribution in [0.3, 0.4) is 0 Å². The van der Waals surface area contributed by atoms with Crippen molar-refractivity contribution in [1.29, 1.82) is 0 Å². The van der Waals surface area contributed by atoms with Gasteiger partial charge in [0.2, 0.25) is 0 Å². The fourth-order valence-electron chi connectivity index (χ4n) is 1.39. The second-order valence-corrected chi connectivity index (χ2v) is 7.60. The number of thiophene rings is 1. The minimum absolute atomic E-state index is 0.0477. The Hall–Kier alpha value is -0.150. The van der Waals surface area contributed by atoms with Crippen LogP contribution in [0.15, 0.2) is 29.6 Å². The Morgan fingerprint density at radius 2 is 2.06 bits per heavy atom. The Bertz CT molecular complexity index is 565. The molecule has 5 heteroatoms. The summed E-state index contributed by atoms with van der Waals surface area (Å²) in [6.07, 6.45) is 0. The monoisotopic (exact) mass is 469 g/mol. The van der Waals surface area contributed by atoms with Crippen LogP contribution >= 0.6 is 56.5 Å². The fraction of sp³-hybridized carbons (Fsp3) is 0.0833. The molecule has 0 unspecified atom stereocenters. The second kappa shape index (κ2) is 5.66. The normalized spacial score (nSPS) is 10.3. The first-order valence-electron chi connectivity index (χ1n) is 4.88. The largest absolute Gasteiger partial charge is 0.322 e. The van der Waals surface area contributed by atoms with Gasteiger partial charge in [0.15, 0.2) is 0 Å². The van der Waals surface area contributed by atoms with Gasteiger partial charge < -0.3 is 5.32 Å². The van der Waals surface area contributed by atoms with E-state index in [1.165, 1.54) is 3.57 Å². The first-order chi connectivity index (χ1) is 8.06. The molecule has 0 radical (unpaired) electrons. The molecular formula is C12H9I2NOS. The van der Waals surface area contributed by atoms with Crippen molar-refractivity contribution in [1.82, 2.24) is 0 Å². The minimum atomic E-state index is -0.0477. The van der Waals surface area contributed by atoms with Crippen LogP contribution in [-0.2, 0) is 0 Å². The number of amides is 1. The number of aryl methyl sites for hydroxylation is 1. The van der Waals surface area contributed by atoms with Gasteiger partial charge in [0.05, 0.1) is 8.45 Å². The van der Waals surface area contributed by atoms with Gasteiger partial charge in [-0.2, -0.15) is 0 Å². The molecule has 2 rings (SSSR count). The molecule has 1 aromatic carbocycles. The maximum atomic E-state index is 12.0. The van der Waals surface area contributed by atoms with Crippen LogP contribution in [0.25, 0.3) is 0 Å². The van der Waals surface area contributed by atoms with Gasteiger partial charge in [-0.3, -0.25) is 4.79 Å². The summed E-state index contributed by atoms with van der Waals surface area (Å²) in [7, 11) is 0. The molecule has 88 valence electrons. The van der Waals surface area contributed by atoms with Gasteiger partial charge in [0.25, 0.3) is 5.91 Å². The molecule has 17 heavy (non-hydrogen) atoms. The Balaban J connectivity index is 2.18. The van der Waals surface area contributed by atoms with Crippen LogP contribution in [-0.4, -0.2) is 5.91 Å². The average molecular weight is 469 g/mol. The van der Waals surface area contributed by atoms with E-state index >= 15 is 0 Å². The van der Waals surface area contributed by atoms with E-state index in [2.05, 4.69) is 50.5 Å². The number of carbonyl (C=O) groups is 1. The second-order valence-electron chi connectivity index (χ2n) is 3.55. The van der Waals surface area contributed by atoms with E-state index in [-0.39, 0.29) is 5.91 Å². The standard InChI is InChI=1S/C12H9I2NOS/c1-7-4-9(13)2-3-10(7)15-12(16)8-5-11(14)17-6-8/h2-6H,1H3,(H,15,16). The Morgan fingerprint density at radius 3 is 2.65 bits per heavy atom. The van der Waals surface area contributed by atoms with Crippen LogP contribution in [0.1, 0.15) is 15.9 Å². The smallest absolute Gasteiger partial charge is 0.256 e. The Morgan fingerprint density at radius 1 is 1.29 bits per heavy atom. The first-order valence-corrected chi connectivity index (χ1v) is 7.91. The highest BCUT2D eigenvalue weighted by molar-refractivity contribution is 14.1. The third-order valence-corrected chi connectivity index (χ3v) is 4.73. The molecule has 0 aliphatic carbocycles. The van der Waals surface area contributed by atoms with E-state index in [0.29, 0.717) is 0 Å². The lowest BCUT2D eigenvalue weighted by Crippen LogP contribution is -2.11. The quantitative estimate of drug-likeness (QED) is 0.645. The number of carbonyl (C=O) groups excluding carboxylic acids is 1. The van der Waals surface area contributed by atoms with Crippen molar-refractivity contribution in [2.24, 2.45) is 0 Å². The van der Waals surface area contributed by atoms with Gasteiger partial charge in [0, 0.05) is 14.6 Å². The van der Waals surface area contributed by atoms with Crippen LogP contribution in [0, 0.1) is 13.4 Å². The summed E-state index contributed by atoms with van der Waals surface area (Å²) < 4.78 is 2.29. The van der Waals surface area contributed by atoms with Crippen molar-refractivity contribution >= 4 is 68.1 Å². The van der Waals surface area contributed by atoms with Gasteiger partial charge in [-0.05, 0) is 81.9 Å². The zero-order chi connectivity index (χ0) is 12.4. The Labute approximate surface area is 131 Å². The number of hydrogen-bond acceptors (Lipinski definition) is 2. The van der Waals surface area contributed by atoms with Crippen LogP contribution in [0.4, 0.5) is 5.69 Å². The topological polar surface area (TPSA) is 29.1 Å². The predicted molar refractivity (Wildman–Crippen MR) is 88.9 cm³/mol. The highest BCUT2D eigenvalue weighted by Crippen LogP contribution is 2.21. The van der Waals surface area contributed by atoms with Gasteiger partial charge in [-0.1, -0.05) is 0 Å². The fourth-order valence-corrected chi connectivity index (χ4v) is 3.36. The van der Waals surface area contributed by atoms with Crippen LogP contribution in [0.5, 0.6) is 0 Å². The summed E-state index contributed by atoms with van der Waals surface area (Å²) in [6.45, 7) is 2.00. The average Bonchev–Trinajstić information content (AvgIpc) is 2.69. The number of anilines is 1. The van der Waals surface area contributed by atoms with Gasteiger partial charge in [-0.15, -0.1) is 11.3 Å². The van der Waals surface area contributed by atoms with Crippen molar-refractivity contribution in [3.05, 3.63) is 47.2 Å². The number of hydrogen-bond donors (Lipinski definition) is 1. The van der Waals surface area contributed by atoms with Crippen molar-refractivity contribution in [3.63, 3.8) is 0 Å². The first kappa shape index (κ1) is 13.3. The molecule has 0 saturated carbocycles. The van der Waals surface area contributed by atoms with E-state index in [1.807, 2.05) is 36.6 Å². The van der Waals surface area contributed by atoms with Crippen molar-refractivity contribution in [2.75, 3.05) is 5.32 Å². The molecule has 1 amide bonds. The molecule has 0 bridgehead atoms. The third kappa shape index (κ3) is 3.41. The molecule has 2 aromatic rings. The zero-order valence-electron chi connectivity index (χ0n) is 8.96. The lowest BCUT2D eigenvalue weighted by molar-refractivity contribution is 0.102. The summed E-state index contributed by atoms with van der Waals surface area (Å²) in [5.74, 6) is -0.0477. The summed E-state index contributed by atoms with van der Waals surface area (Å²) >= 11 is 6.05. The molecule has 1 N–H and O–H groups in total. The highest BCUT2D eigenvalue weighted by atomic mass is 127. The SMILES string of the molecule is Cc1cc(I)ccc1NC(=O)c1csc(I)c1. The Kier molecular flexibility index (Phi) is 4.42. The van der Waals surface area contributed by atoms with Gasteiger partial charge >= 0.3 is 0 Å². The molecule has 0 atom stereocenters. The summed E-state index contributed by atoms with van der Waals surface area (Å²) in [4.78, 5) is 12.0. The predicted octanol–water partition coefficient (Wildman–Crippen LogP) is 4.52. The van der Waals surface area contributed by atoms with Crippen molar-refractivity contribution < 1.29 is 4.79 Å². The number of nitrogens with one attached hydrogen (secondary N) is 1. The molecule has 0 aliphatic heterocycles. The maximum absolute atomic E-state index is 12.0. The summed E-state index contributed by atoms with van der Waals surface area (Å²) in [6, 6.07) is 7.86. The molecule has 2 nitrogen and oxygen atoms in total. The molecular weight excluding hydrogens is 460 g/mol. The van der Waals surface area contributed by atoms with Crippen LogP contribution in [0.2, 0.25) is 0 Å².